The van der Waals surface area contributed by atoms with E-state index in [-0.39, 0.29) is 16.7 Å². The molecule has 0 saturated carbocycles. The van der Waals surface area contributed by atoms with Gasteiger partial charge in [0.15, 0.2) is 0 Å². The van der Waals surface area contributed by atoms with Crippen LogP contribution in [0.3, 0.4) is 0 Å². The van der Waals surface area contributed by atoms with Gasteiger partial charge in [0.05, 0.1) is 33.9 Å². The quantitative estimate of drug-likeness (QED) is 0.517. The minimum atomic E-state index is -1.16. The van der Waals surface area contributed by atoms with Gasteiger partial charge in [-0.15, -0.1) is 0 Å². The summed E-state index contributed by atoms with van der Waals surface area (Å²) in [6.45, 7) is 0. The Morgan fingerprint density at radius 3 is 1.73 bits per heavy atom. The highest BCUT2D eigenvalue weighted by atomic mass is 16.4. The third-order valence-electron chi connectivity index (χ3n) is 4.49. The fraction of sp³-hybridized carbons (Fsp3) is 0. The van der Waals surface area contributed by atoms with Crippen LogP contribution >= 0.6 is 0 Å². The van der Waals surface area contributed by atoms with Crippen LogP contribution in [0.5, 0.6) is 0 Å². The fourth-order valence-electron chi connectivity index (χ4n) is 3.08. The average Bonchev–Trinajstić information content (AvgIpc) is 2.79. The van der Waals surface area contributed by atoms with Crippen LogP contribution in [-0.2, 0) is 0 Å². The van der Waals surface area contributed by atoms with Crippen molar-refractivity contribution in [1.82, 2.24) is 15.0 Å². The number of pyridine rings is 3. The van der Waals surface area contributed by atoms with Gasteiger partial charge in [0.1, 0.15) is 0 Å². The van der Waals surface area contributed by atoms with Gasteiger partial charge in [0.2, 0.25) is 0 Å². The zero-order valence-corrected chi connectivity index (χ0v) is 15.6. The Balaban J connectivity index is 1.99. The summed E-state index contributed by atoms with van der Waals surface area (Å²) in [5.41, 5.74) is 3.00. The van der Waals surface area contributed by atoms with Crippen LogP contribution in [0.15, 0.2) is 79.1 Å². The van der Waals surface area contributed by atoms with Gasteiger partial charge in [0.25, 0.3) is 0 Å². The maximum absolute atomic E-state index is 11.8. The molecule has 0 aliphatic rings. The van der Waals surface area contributed by atoms with Gasteiger partial charge in [-0.25, -0.2) is 14.6 Å². The summed E-state index contributed by atoms with van der Waals surface area (Å²) in [5, 5.41) is 19.0. The molecule has 0 unspecified atom stereocenters. The predicted octanol–water partition coefficient (Wildman–Crippen LogP) is 4.27. The Bertz CT molecular complexity index is 1180. The number of carboxylic acids is 2. The highest BCUT2D eigenvalue weighted by Crippen LogP contribution is 2.31. The van der Waals surface area contributed by atoms with Crippen molar-refractivity contribution in [1.29, 1.82) is 0 Å². The highest BCUT2D eigenvalue weighted by Gasteiger charge is 2.18. The molecule has 30 heavy (non-hydrogen) atoms. The van der Waals surface area contributed by atoms with Crippen molar-refractivity contribution >= 4 is 11.9 Å². The predicted molar refractivity (Wildman–Crippen MR) is 110 cm³/mol. The number of carboxylic acid groups (broad SMARTS) is 2. The second-order valence-corrected chi connectivity index (χ2v) is 6.43. The van der Waals surface area contributed by atoms with Crippen molar-refractivity contribution in [3.8, 4) is 33.9 Å². The maximum Gasteiger partial charge on any atom is 0.336 e. The van der Waals surface area contributed by atoms with E-state index in [1.54, 1.807) is 48.8 Å². The molecule has 0 radical (unpaired) electrons. The Kier molecular flexibility index (Phi) is 5.00. The number of hydrogen-bond donors (Lipinski definition) is 2. The first-order valence-electron chi connectivity index (χ1n) is 8.99. The molecule has 0 fully saturated rings. The lowest BCUT2D eigenvalue weighted by molar-refractivity contribution is 0.0682. The zero-order valence-electron chi connectivity index (χ0n) is 15.6. The molecule has 0 aliphatic heterocycles. The molecule has 0 atom stereocenters. The Morgan fingerprint density at radius 2 is 1.27 bits per heavy atom. The van der Waals surface area contributed by atoms with E-state index in [0.717, 1.165) is 0 Å². The molecule has 0 bridgehead atoms. The van der Waals surface area contributed by atoms with Gasteiger partial charge in [-0.2, -0.15) is 0 Å². The van der Waals surface area contributed by atoms with E-state index in [9.17, 15) is 19.8 Å². The van der Waals surface area contributed by atoms with E-state index in [4.69, 9.17) is 0 Å². The Hall–Kier alpha value is -4.39. The van der Waals surface area contributed by atoms with E-state index in [2.05, 4.69) is 15.0 Å². The van der Waals surface area contributed by atoms with Crippen LogP contribution in [0.25, 0.3) is 33.9 Å². The zero-order chi connectivity index (χ0) is 21.1. The molecule has 146 valence electrons. The van der Waals surface area contributed by atoms with E-state index in [0.29, 0.717) is 28.3 Å². The molecule has 2 N–H and O–H groups in total. The van der Waals surface area contributed by atoms with Crippen LogP contribution in [0.4, 0.5) is 0 Å². The lowest BCUT2D eigenvalue weighted by atomic mass is 9.95. The third-order valence-corrected chi connectivity index (χ3v) is 4.49. The number of aromatic carboxylic acids is 2. The summed E-state index contributed by atoms with van der Waals surface area (Å²) < 4.78 is 0. The molecule has 0 amide bonds. The van der Waals surface area contributed by atoms with Crippen molar-refractivity contribution in [3.63, 3.8) is 0 Å². The molecular weight excluding hydrogens is 382 g/mol. The van der Waals surface area contributed by atoms with Gasteiger partial charge in [-0.3, -0.25) is 9.97 Å². The molecule has 4 aromatic rings. The average molecular weight is 397 g/mol. The number of hydrogen-bond acceptors (Lipinski definition) is 5. The number of aromatic nitrogens is 3. The molecule has 0 saturated heterocycles. The van der Waals surface area contributed by atoms with Crippen LogP contribution < -0.4 is 0 Å². The molecule has 4 rings (SSSR count). The van der Waals surface area contributed by atoms with Gasteiger partial charge < -0.3 is 10.2 Å². The Morgan fingerprint density at radius 1 is 0.667 bits per heavy atom. The largest absolute Gasteiger partial charge is 0.478 e. The first-order chi connectivity index (χ1) is 14.5. The third kappa shape index (κ3) is 3.77. The summed E-state index contributed by atoms with van der Waals surface area (Å²) in [4.78, 5) is 36.6. The van der Waals surface area contributed by atoms with Crippen molar-refractivity contribution in [3.05, 3.63) is 90.3 Å². The highest BCUT2D eigenvalue weighted by molar-refractivity contribution is 5.99. The summed E-state index contributed by atoms with van der Waals surface area (Å²) in [7, 11) is 0. The van der Waals surface area contributed by atoms with Crippen LogP contribution in [-0.4, -0.2) is 37.1 Å². The van der Waals surface area contributed by atoms with Gasteiger partial charge in [-0.05, 0) is 65.7 Å². The topological polar surface area (TPSA) is 113 Å². The first kappa shape index (κ1) is 18.9. The van der Waals surface area contributed by atoms with E-state index < -0.39 is 11.9 Å². The lowest BCUT2D eigenvalue weighted by Crippen LogP contribution is -2.04. The molecule has 0 aliphatic carbocycles. The van der Waals surface area contributed by atoms with Crippen molar-refractivity contribution in [2.45, 2.75) is 0 Å². The number of carbonyl (C=O) groups is 2. The summed E-state index contributed by atoms with van der Waals surface area (Å²) in [6.07, 6.45) is 3.27. The van der Waals surface area contributed by atoms with E-state index >= 15 is 0 Å². The number of benzene rings is 1. The van der Waals surface area contributed by atoms with Crippen molar-refractivity contribution in [2.75, 3.05) is 0 Å². The fourth-order valence-corrected chi connectivity index (χ4v) is 3.08. The smallest absolute Gasteiger partial charge is 0.336 e. The minimum Gasteiger partial charge on any atom is -0.478 e. The Labute approximate surface area is 171 Å². The van der Waals surface area contributed by atoms with Crippen molar-refractivity contribution < 1.29 is 19.8 Å². The molecular formula is C23H15N3O4. The monoisotopic (exact) mass is 397 g/mol. The minimum absolute atomic E-state index is 0.00872. The molecule has 7 heteroatoms. The van der Waals surface area contributed by atoms with Crippen LogP contribution in [0.2, 0.25) is 0 Å². The maximum atomic E-state index is 11.8. The van der Waals surface area contributed by atoms with Gasteiger partial charge >= 0.3 is 11.9 Å². The molecule has 3 aromatic heterocycles. The second-order valence-electron chi connectivity index (χ2n) is 6.43. The first-order valence-corrected chi connectivity index (χ1v) is 8.99. The molecule has 1 aromatic carbocycles. The molecule has 7 nitrogen and oxygen atoms in total. The van der Waals surface area contributed by atoms with E-state index in [1.807, 2.05) is 12.1 Å². The van der Waals surface area contributed by atoms with Crippen LogP contribution in [0.1, 0.15) is 20.7 Å². The van der Waals surface area contributed by atoms with Crippen LogP contribution in [0, 0.1) is 0 Å². The summed E-state index contributed by atoms with van der Waals surface area (Å²) >= 11 is 0. The number of nitrogens with zero attached hydrogens (tertiary/aromatic N) is 3. The number of rotatable bonds is 5. The van der Waals surface area contributed by atoms with Crippen molar-refractivity contribution in [2.24, 2.45) is 0 Å². The molecule has 3 heterocycles. The van der Waals surface area contributed by atoms with Gasteiger partial charge in [0, 0.05) is 12.4 Å². The lowest BCUT2D eigenvalue weighted by Gasteiger charge is -2.12. The van der Waals surface area contributed by atoms with E-state index in [1.165, 1.54) is 18.2 Å². The summed E-state index contributed by atoms with van der Waals surface area (Å²) in [6, 6.07) is 18.1. The standard InChI is InChI=1S/C23H15N3O4/c27-22(28)14-7-8-16(23(29)30)17(11-14)15-12-20(18-5-1-3-9-24-18)26-21(13-15)19-6-2-4-10-25-19/h1-13H,(H,27,28)(H,29,30). The van der Waals surface area contributed by atoms with Gasteiger partial charge in [-0.1, -0.05) is 12.1 Å². The molecule has 0 spiro atoms. The summed E-state index contributed by atoms with van der Waals surface area (Å²) in [5.74, 6) is -2.30. The normalized spacial score (nSPS) is 10.5. The SMILES string of the molecule is O=C(O)c1ccc(C(=O)O)c(-c2cc(-c3ccccn3)nc(-c3ccccn3)c2)c1. The second kappa shape index (κ2) is 7.92.